The quantitative estimate of drug-likeness (QED) is 0.597. The lowest BCUT2D eigenvalue weighted by molar-refractivity contribution is -0.139. The van der Waals surface area contributed by atoms with Gasteiger partial charge in [0.1, 0.15) is 5.15 Å². The molecule has 0 saturated carbocycles. The summed E-state index contributed by atoms with van der Waals surface area (Å²) in [5.41, 5.74) is -0.484. The molecule has 0 fully saturated rings. The summed E-state index contributed by atoms with van der Waals surface area (Å²) in [7, 11) is 0. The van der Waals surface area contributed by atoms with Crippen LogP contribution in [0.2, 0.25) is 5.15 Å². The Balaban J connectivity index is 2.30. The normalized spacial score (nSPS) is 16.5. The van der Waals surface area contributed by atoms with Crippen molar-refractivity contribution in [2.45, 2.75) is 19.8 Å². The lowest BCUT2D eigenvalue weighted by Crippen LogP contribution is -2.32. The SMILES string of the molecule is CC(C)(C(=O)F)C1c2ccc(Cl)nc2Oc2c(F)cccc21. The topological polar surface area (TPSA) is 39.2 Å². The first-order valence-electron chi connectivity index (χ1n) is 6.65. The van der Waals surface area contributed by atoms with Crippen LogP contribution in [0.4, 0.5) is 8.78 Å². The van der Waals surface area contributed by atoms with E-state index in [0.29, 0.717) is 11.1 Å². The molecule has 0 bridgehead atoms. The number of para-hydroxylation sites is 1. The number of halogens is 3. The van der Waals surface area contributed by atoms with Crippen LogP contribution in [0.3, 0.4) is 0 Å². The average Bonchev–Trinajstić information content (AvgIpc) is 2.45. The molecule has 2 heterocycles. The summed E-state index contributed by atoms with van der Waals surface area (Å²) in [5, 5.41) is 0.168. The summed E-state index contributed by atoms with van der Waals surface area (Å²) >= 11 is 5.84. The standard InChI is InChI=1S/C16H12ClF2NO2/c1-16(2,15(19)21)12-8-4-3-5-10(18)13(8)22-14-9(12)6-7-11(17)20-14/h3-7,12H,1-2H3. The predicted octanol–water partition coefficient (Wildman–Crippen LogP) is 4.63. The molecule has 0 saturated heterocycles. The maximum Gasteiger partial charge on any atom is 0.307 e. The summed E-state index contributed by atoms with van der Waals surface area (Å²) < 4.78 is 33.2. The predicted molar refractivity (Wildman–Crippen MR) is 77.5 cm³/mol. The summed E-state index contributed by atoms with van der Waals surface area (Å²) in [5.74, 6) is -1.28. The largest absolute Gasteiger partial charge is 0.435 e. The highest BCUT2D eigenvalue weighted by Gasteiger charge is 2.45. The summed E-state index contributed by atoms with van der Waals surface area (Å²) in [4.78, 5) is 15.5. The number of rotatable bonds is 2. The average molecular weight is 324 g/mol. The molecular weight excluding hydrogens is 312 g/mol. The van der Waals surface area contributed by atoms with Crippen LogP contribution in [0.25, 0.3) is 0 Å². The number of fused-ring (bicyclic) bond motifs is 2. The van der Waals surface area contributed by atoms with Gasteiger partial charge in [0.15, 0.2) is 11.6 Å². The van der Waals surface area contributed by atoms with E-state index in [1.54, 1.807) is 12.1 Å². The fourth-order valence-electron chi connectivity index (χ4n) is 2.75. The molecule has 0 amide bonds. The van der Waals surface area contributed by atoms with Crippen LogP contribution in [0.1, 0.15) is 30.9 Å². The van der Waals surface area contributed by atoms with Gasteiger partial charge in [0, 0.05) is 17.0 Å². The van der Waals surface area contributed by atoms with Crippen molar-refractivity contribution < 1.29 is 18.3 Å². The Kier molecular flexibility index (Phi) is 3.40. The van der Waals surface area contributed by atoms with Crippen molar-refractivity contribution in [1.82, 2.24) is 4.98 Å². The highest BCUT2D eigenvalue weighted by atomic mass is 35.5. The molecule has 3 nitrogen and oxygen atoms in total. The van der Waals surface area contributed by atoms with Gasteiger partial charge in [-0.15, -0.1) is 0 Å². The molecule has 0 spiro atoms. The number of benzene rings is 1. The molecule has 1 aromatic carbocycles. The summed E-state index contributed by atoms with van der Waals surface area (Å²) in [6.07, 6.45) is 0. The van der Waals surface area contributed by atoms with E-state index >= 15 is 0 Å². The lowest BCUT2D eigenvalue weighted by atomic mass is 9.70. The molecule has 0 N–H and O–H groups in total. The Morgan fingerprint density at radius 3 is 2.68 bits per heavy atom. The zero-order valence-electron chi connectivity index (χ0n) is 11.9. The number of hydrogen-bond donors (Lipinski definition) is 0. The first-order chi connectivity index (χ1) is 10.3. The minimum atomic E-state index is -1.49. The first-order valence-corrected chi connectivity index (χ1v) is 7.03. The molecule has 1 atom stereocenters. The number of ether oxygens (including phenoxy) is 1. The molecule has 114 valence electrons. The van der Waals surface area contributed by atoms with E-state index in [9.17, 15) is 13.6 Å². The molecule has 0 radical (unpaired) electrons. The Morgan fingerprint density at radius 1 is 1.27 bits per heavy atom. The van der Waals surface area contributed by atoms with Crippen molar-refractivity contribution in [3.8, 4) is 11.6 Å². The Labute approximate surface area is 130 Å². The van der Waals surface area contributed by atoms with Crippen LogP contribution in [-0.2, 0) is 4.79 Å². The number of carbonyl (C=O) groups excluding carboxylic acids is 1. The molecule has 1 aromatic heterocycles. The molecule has 6 heteroatoms. The van der Waals surface area contributed by atoms with E-state index in [0.717, 1.165) is 0 Å². The highest BCUT2D eigenvalue weighted by Crippen LogP contribution is 2.52. The molecule has 1 unspecified atom stereocenters. The van der Waals surface area contributed by atoms with Gasteiger partial charge in [0.25, 0.3) is 0 Å². The zero-order valence-corrected chi connectivity index (χ0v) is 12.6. The molecule has 3 rings (SSSR count). The zero-order chi connectivity index (χ0) is 16.1. The van der Waals surface area contributed by atoms with Gasteiger partial charge in [-0.2, -0.15) is 4.39 Å². The Bertz CT molecular complexity index is 777. The van der Waals surface area contributed by atoms with Gasteiger partial charge in [0.05, 0.1) is 5.41 Å². The minimum absolute atomic E-state index is 0.0518. The second-order valence-electron chi connectivity index (χ2n) is 5.72. The van der Waals surface area contributed by atoms with E-state index in [1.165, 1.54) is 32.0 Å². The van der Waals surface area contributed by atoms with Gasteiger partial charge in [0.2, 0.25) is 5.88 Å². The van der Waals surface area contributed by atoms with Crippen LogP contribution >= 0.6 is 11.6 Å². The molecule has 0 aliphatic carbocycles. The van der Waals surface area contributed by atoms with E-state index < -0.39 is 23.2 Å². The second-order valence-corrected chi connectivity index (χ2v) is 6.10. The number of hydrogen-bond acceptors (Lipinski definition) is 3. The van der Waals surface area contributed by atoms with Crippen LogP contribution in [-0.4, -0.2) is 11.0 Å². The van der Waals surface area contributed by atoms with Gasteiger partial charge >= 0.3 is 6.04 Å². The molecule has 1 aliphatic heterocycles. The van der Waals surface area contributed by atoms with Crippen LogP contribution in [0, 0.1) is 11.2 Å². The first kappa shape index (κ1) is 14.9. The van der Waals surface area contributed by atoms with Crippen molar-refractivity contribution in [3.63, 3.8) is 0 Å². The highest BCUT2D eigenvalue weighted by molar-refractivity contribution is 6.29. The van der Waals surface area contributed by atoms with Crippen molar-refractivity contribution in [2.75, 3.05) is 0 Å². The second kappa shape index (κ2) is 5.02. The molecular formula is C16H12ClF2NO2. The monoisotopic (exact) mass is 323 g/mol. The molecule has 22 heavy (non-hydrogen) atoms. The fraction of sp³-hybridized carbons (Fsp3) is 0.250. The van der Waals surface area contributed by atoms with E-state index in [2.05, 4.69) is 4.98 Å². The fourth-order valence-corrected chi connectivity index (χ4v) is 2.89. The van der Waals surface area contributed by atoms with Crippen molar-refractivity contribution in [1.29, 1.82) is 0 Å². The number of aromatic nitrogens is 1. The van der Waals surface area contributed by atoms with Crippen molar-refractivity contribution >= 4 is 17.6 Å². The van der Waals surface area contributed by atoms with Crippen LogP contribution in [0.15, 0.2) is 30.3 Å². The smallest absolute Gasteiger partial charge is 0.307 e. The molecule has 2 aromatic rings. The maximum atomic E-state index is 14.1. The van der Waals surface area contributed by atoms with Gasteiger partial charge < -0.3 is 4.74 Å². The number of pyridine rings is 1. The summed E-state index contributed by atoms with van der Waals surface area (Å²) in [6.45, 7) is 2.94. The third kappa shape index (κ3) is 2.16. The van der Waals surface area contributed by atoms with Gasteiger partial charge in [-0.05, 0) is 32.0 Å². The number of carbonyl (C=O) groups is 1. The summed E-state index contributed by atoms with van der Waals surface area (Å²) in [6, 6.07) is 6.00. The lowest BCUT2D eigenvalue weighted by Gasteiger charge is -2.35. The number of nitrogens with zero attached hydrogens (tertiary/aromatic N) is 1. The van der Waals surface area contributed by atoms with E-state index in [4.69, 9.17) is 16.3 Å². The van der Waals surface area contributed by atoms with Crippen molar-refractivity contribution in [2.24, 2.45) is 5.41 Å². The van der Waals surface area contributed by atoms with Crippen LogP contribution < -0.4 is 4.74 Å². The van der Waals surface area contributed by atoms with Gasteiger partial charge in [-0.1, -0.05) is 23.7 Å². The van der Waals surface area contributed by atoms with Gasteiger partial charge in [-0.3, -0.25) is 4.79 Å². The van der Waals surface area contributed by atoms with E-state index in [1.807, 2.05) is 0 Å². The van der Waals surface area contributed by atoms with Crippen LogP contribution in [0.5, 0.6) is 11.6 Å². The third-order valence-electron chi connectivity index (χ3n) is 3.90. The maximum absolute atomic E-state index is 14.1. The van der Waals surface area contributed by atoms with Crippen molar-refractivity contribution in [3.05, 3.63) is 52.4 Å². The third-order valence-corrected chi connectivity index (χ3v) is 4.11. The van der Waals surface area contributed by atoms with E-state index in [-0.39, 0.29) is 16.8 Å². The molecule has 1 aliphatic rings. The Morgan fingerprint density at radius 2 is 2.00 bits per heavy atom. The minimum Gasteiger partial charge on any atom is -0.435 e. The Hall–Kier alpha value is -2.01. The van der Waals surface area contributed by atoms with Gasteiger partial charge in [-0.25, -0.2) is 9.37 Å².